The third-order valence-corrected chi connectivity index (χ3v) is 23.5. The number of anilines is 9. The Morgan fingerprint density at radius 1 is 0.545 bits per heavy atom. The molecule has 0 atom stereocenters. The Morgan fingerprint density at radius 3 is 1.48 bits per heavy atom. The number of hydrogen-bond acceptors (Lipinski definition) is 38. The fraction of sp³-hybridized carbons (Fsp3) is 0.226. The second kappa shape index (κ2) is 34.1. The van der Waals surface area contributed by atoms with E-state index in [1.54, 1.807) is 27.0 Å². The molecule has 2 aliphatic heterocycles. The zero-order valence-electron chi connectivity index (χ0n) is 58.7. The Labute approximate surface area is 637 Å². The van der Waals surface area contributed by atoms with E-state index in [9.17, 15) is 70.3 Å². The van der Waals surface area contributed by atoms with Crippen LogP contribution in [0.25, 0.3) is 34.5 Å². The van der Waals surface area contributed by atoms with Crippen molar-refractivity contribution in [2.75, 3.05) is 101 Å². The van der Waals surface area contributed by atoms with E-state index in [4.69, 9.17) is 40.7 Å². The van der Waals surface area contributed by atoms with E-state index >= 15 is 0 Å². The maximum absolute atomic E-state index is 12.8. The molecular formula is C62H62Cl2N16O24S6. The van der Waals surface area contributed by atoms with Crippen LogP contribution in [-0.4, -0.2) is 167 Å². The van der Waals surface area contributed by atoms with Gasteiger partial charge in [0.05, 0.1) is 117 Å². The van der Waals surface area contributed by atoms with E-state index in [-0.39, 0.29) is 144 Å². The van der Waals surface area contributed by atoms with Gasteiger partial charge < -0.3 is 60.9 Å². The molecule has 6 N–H and O–H groups in total. The van der Waals surface area contributed by atoms with Gasteiger partial charge in [0.15, 0.2) is 32.6 Å². The molecule has 6 heterocycles. The summed E-state index contributed by atoms with van der Waals surface area (Å²) in [5.74, 6) is -3.31. The first-order valence-electron chi connectivity index (χ1n) is 31.2. The van der Waals surface area contributed by atoms with Crippen molar-refractivity contribution in [2.45, 2.75) is 56.6 Å². The Balaban J connectivity index is 0.000000190. The Hall–Kier alpha value is -10.6. The van der Waals surface area contributed by atoms with Gasteiger partial charge >= 0.3 is 55.9 Å². The molecular weight excluding hydrogens is 1620 g/mol. The molecule has 0 unspecified atom stereocenters. The number of ether oxygens (including phenoxy) is 1. The summed E-state index contributed by atoms with van der Waals surface area (Å²) < 4.78 is 192. The number of carbonyl (C=O) groups is 2. The lowest BCUT2D eigenvalue weighted by atomic mass is 10.1. The van der Waals surface area contributed by atoms with Crippen LogP contribution >= 0.6 is 23.2 Å². The number of halogens is 2. The zero-order valence-corrected chi connectivity index (χ0v) is 65.1. The summed E-state index contributed by atoms with van der Waals surface area (Å²) in [7, 11) is -18.0. The zero-order chi connectivity index (χ0) is 80.6. The molecule has 0 bridgehead atoms. The number of rotatable bonds is 27. The van der Waals surface area contributed by atoms with Gasteiger partial charge in [0.2, 0.25) is 0 Å². The van der Waals surface area contributed by atoms with Gasteiger partial charge in [-0.25, -0.2) is 14.1 Å². The Kier molecular flexibility index (Phi) is 25.9. The number of aromatic nitrogens is 9. The number of pyridine rings is 2. The number of carboxylic acid groups (broad SMARTS) is 2. The molecule has 0 fully saturated rings. The fourth-order valence-corrected chi connectivity index (χ4v) is 15.2. The standard InChI is InChI=1S/C23H20Cl2N4O8S2.C20H22N6O8S2.C19H20N6O8S2/c1-5-27-13-9-7-11-19(23(13)39(32,33)35-4)37-21-15(25)16-20(14(24)17(21)29-11)36-18-10(28-16)6-8-12(26-2)22(18)38(30,31)34-3;1-4-9-21-18-23-19(25-20(24-18)26-10-5-6-13(12-26)17(27)28)22-15-11-14(35(29,30)33-2)7-8-16(15)36(31,32)34-3;1-4-20-17-22-18(24-19(23-17)25-9-5-6-12(11-25)16(26)27)21-14-10-13(34(28,29)32-2)7-8-15(14)35(30,31)33-3/h6-9,26,28H,5H2,1-4H3;5-8,10-12H,4,9H2,1-3H3,(H2-,21,22,23,24,25,27,28);5-11H,4H2,1-3H3,(H2-,20,21,22,23,24,26,27). The van der Waals surface area contributed by atoms with Gasteiger partial charge in [-0.15, -0.1) is 9.97 Å². The first-order chi connectivity index (χ1) is 52.0. The molecule has 3 aliphatic rings. The maximum Gasteiger partial charge on any atom is 0.444 e. The number of nitrogens with zero attached hydrogens (tertiary/aromatic N) is 10. The topological polar surface area (TPSA) is 545 Å². The lowest BCUT2D eigenvalue weighted by molar-refractivity contribution is -0.604. The normalized spacial score (nSPS) is 12.4. The van der Waals surface area contributed by atoms with Crippen LogP contribution in [0, 0.1) is 0 Å². The third-order valence-electron chi connectivity index (χ3n) is 14.9. The number of fused-ring (bicyclic) bond motifs is 4. The van der Waals surface area contributed by atoms with Crippen LogP contribution in [0.3, 0.4) is 0 Å². The Bertz CT molecular complexity index is 6060. The van der Waals surface area contributed by atoms with Crippen LogP contribution in [0.15, 0.2) is 148 Å². The van der Waals surface area contributed by atoms with Crippen molar-refractivity contribution in [2.24, 2.45) is 4.99 Å². The van der Waals surface area contributed by atoms with E-state index in [2.05, 4.69) is 88.5 Å². The highest BCUT2D eigenvalue weighted by Gasteiger charge is 2.37. The van der Waals surface area contributed by atoms with Gasteiger partial charge in [0.25, 0.3) is 40.5 Å². The van der Waals surface area contributed by atoms with Crippen molar-refractivity contribution in [3.05, 3.63) is 136 Å². The average Bonchev–Trinajstić information content (AvgIpc) is 0.719. The molecule has 0 saturated heterocycles. The van der Waals surface area contributed by atoms with E-state index in [0.29, 0.717) is 19.6 Å². The van der Waals surface area contributed by atoms with Crippen molar-refractivity contribution in [1.82, 2.24) is 34.9 Å². The molecule has 11 rings (SSSR count). The SMILES string of the molecule is CCCNc1nc(Nc2cc(S(=O)(=O)OC)ccc2S(=O)(=O)OC)nc(-[n+]2cccc(C(=O)[O-])c2)n1.CCN=c1ccc2nc3c(Cl)c4c(c(Cl)c3oc-2c1S(=O)(=O)OC)Nc1ccc(NC)c(S(=O)(=O)OC)c1O4.CCNc1nc(Nc2cc(S(=O)(=O)OC)ccc2S(=O)(=O)OC)nc(-[n+]2cccc(C(=O)[O-])c2)n1. The van der Waals surface area contributed by atoms with Crippen LogP contribution in [0.1, 0.15) is 47.9 Å². The number of carboxylic acids is 2. The predicted molar refractivity (Wildman–Crippen MR) is 385 cm³/mol. The van der Waals surface area contributed by atoms with Gasteiger partial charge in [-0.05, 0) is 125 Å². The molecule has 584 valence electrons. The van der Waals surface area contributed by atoms with E-state index in [1.807, 2.05) is 6.92 Å². The number of hydrogen-bond donors (Lipinski definition) is 6. The summed E-state index contributed by atoms with van der Waals surface area (Å²) in [6.07, 6.45) is 6.14. The first-order valence-corrected chi connectivity index (χ1v) is 40.4. The second-order valence-corrected chi connectivity index (χ2v) is 32.5. The molecule has 110 heavy (non-hydrogen) atoms. The van der Waals surface area contributed by atoms with E-state index in [0.717, 1.165) is 85.5 Å². The molecule has 0 amide bonds. The quantitative estimate of drug-likeness (QED) is 0.0242. The van der Waals surface area contributed by atoms with Crippen molar-refractivity contribution in [3.8, 4) is 34.8 Å². The maximum atomic E-state index is 12.8. The molecule has 0 radical (unpaired) electrons. The van der Waals surface area contributed by atoms with Gasteiger partial charge in [0.1, 0.15) is 36.7 Å². The summed E-state index contributed by atoms with van der Waals surface area (Å²) in [5, 5.41) is 39.5. The smallest absolute Gasteiger partial charge is 0.444 e. The molecule has 4 aromatic heterocycles. The molecule has 4 aromatic carbocycles. The van der Waals surface area contributed by atoms with Crippen LogP contribution in [0.5, 0.6) is 11.5 Å². The highest BCUT2D eigenvalue weighted by Crippen LogP contribution is 2.55. The van der Waals surface area contributed by atoms with E-state index < -0.39 is 82.4 Å². The van der Waals surface area contributed by atoms with Gasteiger partial charge in [-0.2, -0.15) is 50.5 Å². The van der Waals surface area contributed by atoms with Crippen molar-refractivity contribution in [1.29, 1.82) is 0 Å². The van der Waals surface area contributed by atoms with Crippen LogP contribution in [0.4, 0.5) is 52.2 Å². The van der Waals surface area contributed by atoms with Crippen LogP contribution < -0.4 is 61.3 Å². The lowest BCUT2D eigenvalue weighted by Gasteiger charge is -2.27. The largest absolute Gasteiger partial charge is 0.545 e. The predicted octanol–water partition coefficient (Wildman–Crippen LogP) is 3.83. The minimum Gasteiger partial charge on any atom is -0.545 e. The van der Waals surface area contributed by atoms with Crippen molar-refractivity contribution in [3.63, 3.8) is 0 Å². The molecule has 0 saturated carbocycles. The summed E-state index contributed by atoms with van der Waals surface area (Å²) in [6, 6.07) is 17.8. The van der Waals surface area contributed by atoms with Gasteiger partial charge in [-0.3, -0.25) is 30.1 Å². The Morgan fingerprint density at radius 2 is 1.03 bits per heavy atom. The number of benzene rings is 5. The molecule has 40 nitrogen and oxygen atoms in total. The second-order valence-electron chi connectivity index (χ2n) is 21.6. The molecule has 8 aromatic rings. The summed E-state index contributed by atoms with van der Waals surface area (Å²) in [5.41, 5.74) is 0.00806. The minimum atomic E-state index is -4.28. The monoisotopic (exact) mass is 1680 g/mol. The highest BCUT2D eigenvalue weighted by atomic mass is 35.5. The fourth-order valence-electron chi connectivity index (χ4n) is 9.77. The van der Waals surface area contributed by atoms with Gasteiger partial charge in [-0.1, -0.05) is 30.1 Å². The first kappa shape index (κ1) is 83.4. The number of carbonyl (C=O) groups excluding carboxylic acids is 2. The van der Waals surface area contributed by atoms with Gasteiger partial charge in [0, 0.05) is 37.8 Å². The van der Waals surface area contributed by atoms with Crippen molar-refractivity contribution >= 4 is 159 Å². The molecule has 1 aliphatic carbocycles. The van der Waals surface area contributed by atoms with E-state index in [1.165, 1.54) is 76.4 Å². The van der Waals surface area contributed by atoms with Crippen molar-refractivity contribution < 1.29 is 114 Å². The lowest BCUT2D eigenvalue weighted by Crippen LogP contribution is -2.36. The summed E-state index contributed by atoms with van der Waals surface area (Å²) in [4.78, 5) is 54.5. The van der Waals surface area contributed by atoms with Crippen LogP contribution in [-0.2, 0) is 85.8 Å². The average molecular weight is 1680 g/mol. The summed E-state index contributed by atoms with van der Waals surface area (Å²) >= 11 is 13.4. The third kappa shape index (κ3) is 18.1. The number of nitrogens with one attached hydrogen (secondary N) is 6. The van der Waals surface area contributed by atoms with Crippen LogP contribution in [0.2, 0.25) is 10.0 Å². The number of aromatic carboxylic acids is 2. The molecule has 48 heteroatoms. The molecule has 0 spiro atoms. The minimum absolute atomic E-state index is 0.0214. The highest BCUT2D eigenvalue weighted by molar-refractivity contribution is 7.88. The summed E-state index contributed by atoms with van der Waals surface area (Å²) in [6.45, 7) is 6.64.